The van der Waals surface area contributed by atoms with Crippen LogP contribution in [0.2, 0.25) is 0 Å². The zero-order chi connectivity index (χ0) is 15.2. The first-order chi connectivity index (χ1) is 10.1. The van der Waals surface area contributed by atoms with Crippen LogP contribution in [0.1, 0.15) is 25.5 Å². The number of nitrogens with zero attached hydrogens (tertiary/aromatic N) is 2. The van der Waals surface area contributed by atoms with Crippen LogP contribution in [-0.2, 0) is 0 Å². The van der Waals surface area contributed by atoms with Crippen molar-refractivity contribution >= 4 is 0 Å². The maximum absolute atomic E-state index is 10.4. The van der Waals surface area contributed by atoms with E-state index in [1.165, 1.54) is 6.54 Å². The molecule has 1 fully saturated rings. The molecule has 4 heteroatoms. The van der Waals surface area contributed by atoms with E-state index in [4.69, 9.17) is 4.74 Å². The van der Waals surface area contributed by atoms with Crippen molar-refractivity contribution in [3.05, 3.63) is 29.8 Å². The standard InChI is InChI=1S/C17H28N2O2/c1-14(2)12-18-8-10-19(11-9-18)13-17(20)15-4-6-16(21-3)7-5-15/h4-7,14,17,20H,8-13H2,1-3H3. The maximum atomic E-state index is 10.4. The van der Waals surface area contributed by atoms with E-state index in [0.29, 0.717) is 6.54 Å². The van der Waals surface area contributed by atoms with E-state index >= 15 is 0 Å². The molecule has 1 aromatic rings. The summed E-state index contributed by atoms with van der Waals surface area (Å²) in [6.45, 7) is 10.7. The van der Waals surface area contributed by atoms with Gasteiger partial charge in [0, 0.05) is 39.3 Å². The molecule has 0 spiro atoms. The quantitative estimate of drug-likeness (QED) is 0.870. The highest BCUT2D eigenvalue weighted by molar-refractivity contribution is 5.28. The van der Waals surface area contributed by atoms with Crippen molar-refractivity contribution in [3.8, 4) is 5.75 Å². The van der Waals surface area contributed by atoms with Gasteiger partial charge in [0.2, 0.25) is 0 Å². The highest BCUT2D eigenvalue weighted by Crippen LogP contribution is 2.19. The molecule has 118 valence electrons. The smallest absolute Gasteiger partial charge is 0.118 e. The summed E-state index contributed by atoms with van der Waals surface area (Å²) in [4.78, 5) is 4.87. The number of ether oxygens (including phenoxy) is 1. The fourth-order valence-electron chi connectivity index (χ4n) is 2.85. The Balaban J connectivity index is 1.79. The molecule has 0 aliphatic carbocycles. The summed E-state index contributed by atoms with van der Waals surface area (Å²) in [5, 5.41) is 10.4. The second-order valence-corrected chi connectivity index (χ2v) is 6.28. The van der Waals surface area contributed by atoms with Crippen molar-refractivity contribution in [1.29, 1.82) is 0 Å². The fraction of sp³-hybridized carbons (Fsp3) is 0.647. The molecule has 1 aliphatic rings. The molecule has 1 atom stereocenters. The van der Waals surface area contributed by atoms with Crippen molar-refractivity contribution in [2.24, 2.45) is 5.92 Å². The number of aliphatic hydroxyl groups excluding tert-OH is 1. The topological polar surface area (TPSA) is 35.9 Å². The second-order valence-electron chi connectivity index (χ2n) is 6.28. The van der Waals surface area contributed by atoms with Gasteiger partial charge in [0.05, 0.1) is 13.2 Å². The second kappa shape index (κ2) is 7.78. The van der Waals surface area contributed by atoms with Gasteiger partial charge in [-0.3, -0.25) is 4.90 Å². The SMILES string of the molecule is COc1ccc(C(O)CN2CCN(CC(C)C)CC2)cc1. The van der Waals surface area contributed by atoms with E-state index < -0.39 is 6.10 Å². The van der Waals surface area contributed by atoms with Crippen molar-refractivity contribution in [2.45, 2.75) is 20.0 Å². The number of benzene rings is 1. The summed E-state index contributed by atoms with van der Waals surface area (Å²) < 4.78 is 5.14. The lowest BCUT2D eigenvalue weighted by molar-refractivity contribution is 0.0687. The summed E-state index contributed by atoms with van der Waals surface area (Å²) in [5.41, 5.74) is 0.959. The van der Waals surface area contributed by atoms with Gasteiger partial charge in [-0.05, 0) is 23.6 Å². The van der Waals surface area contributed by atoms with Crippen molar-refractivity contribution in [1.82, 2.24) is 9.80 Å². The lowest BCUT2D eigenvalue weighted by Crippen LogP contribution is -2.48. The minimum Gasteiger partial charge on any atom is -0.497 e. The minimum absolute atomic E-state index is 0.424. The van der Waals surface area contributed by atoms with Gasteiger partial charge in [0.25, 0.3) is 0 Å². The number of piperazine rings is 1. The molecule has 1 N–H and O–H groups in total. The van der Waals surface area contributed by atoms with Gasteiger partial charge in [0.15, 0.2) is 0 Å². The van der Waals surface area contributed by atoms with Crippen LogP contribution >= 0.6 is 0 Å². The van der Waals surface area contributed by atoms with Crippen LogP contribution in [0.4, 0.5) is 0 Å². The predicted octanol–water partition coefficient (Wildman–Crippen LogP) is 2.00. The average molecular weight is 292 g/mol. The van der Waals surface area contributed by atoms with E-state index in [1.807, 2.05) is 24.3 Å². The fourth-order valence-corrected chi connectivity index (χ4v) is 2.85. The molecule has 0 radical (unpaired) electrons. The molecule has 1 saturated heterocycles. The summed E-state index contributed by atoms with van der Waals surface area (Å²) in [7, 11) is 1.65. The van der Waals surface area contributed by atoms with E-state index in [1.54, 1.807) is 7.11 Å². The van der Waals surface area contributed by atoms with E-state index in [9.17, 15) is 5.11 Å². The van der Waals surface area contributed by atoms with Crippen LogP contribution in [0.15, 0.2) is 24.3 Å². The first-order valence-electron chi connectivity index (χ1n) is 7.85. The normalized spacial score (nSPS) is 18.9. The Bertz CT molecular complexity index is 411. The third-order valence-corrected chi connectivity index (χ3v) is 4.02. The van der Waals surface area contributed by atoms with Gasteiger partial charge < -0.3 is 14.7 Å². The van der Waals surface area contributed by atoms with Gasteiger partial charge in [-0.15, -0.1) is 0 Å². The minimum atomic E-state index is -0.424. The Morgan fingerprint density at radius 2 is 1.52 bits per heavy atom. The number of aliphatic hydroxyl groups is 1. The largest absolute Gasteiger partial charge is 0.497 e. The summed E-state index contributed by atoms with van der Waals surface area (Å²) in [6, 6.07) is 7.69. The Kier molecular flexibility index (Phi) is 6.03. The first kappa shape index (κ1) is 16.3. The van der Waals surface area contributed by atoms with Crippen LogP contribution < -0.4 is 4.74 Å². The van der Waals surface area contributed by atoms with Gasteiger partial charge in [0.1, 0.15) is 5.75 Å². The molecule has 0 amide bonds. The van der Waals surface area contributed by atoms with Crippen molar-refractivity contribution < 1.29 is 9.84 Å². The summed E-state index contributed by atoms with van der Waals surface area (Å²) in [5.74, 6) is 1.55. The molecule has 21 heavy (non-hydrogen) atoms. The molecule has 1 unspecified atom stereocenters. The lowest BCUT2D eigenvalue weighted by Gasteiger charge is -2.36. The van der Waals surface area contributed by atoms with E-state index in [0.717, 1.165) is 43.4 Å². The van der Waals surface area contributed by atoms with Crippen molar-refractivity contribution in [3.63, 3.8) is 0 Å². The molecule has 1 aromatic carbocycles. The molecule has 1 heterocycles. The number of rotatable bonds is 6. The highest BCUT2D eigenvalue weighted by atomic mass is 16.5. The predicted molar refractivity (Wildman–Crippen MR) is 85.7 cm³/mol. The Labute approximate surface area is 128 Å². The summed E-state index contributed by atoms with van der Waals surface area (Å²) >= 11 is 0. The van der Waals surface area contributed by atoms with Gasteiger partial charge in [-0.1, -0.05) is 26.0 Å². The molecule has 0 bridgehead atoms. The molecular weight excluding hydrogens is 264 g/mol. The van der Waals surface area contributed by atoms with Crippen molar-refractivity contribution in [2.75, 3.05) is 46.4 Å². The number of hydrogen-bond donors (Lipinski definition) is 1. The van der Waals surface area contributed by atoms with Crippen LogP contribution in [-0.4, -0.2) is 61.3 Å². The molecule has 1 aliphatic heterocycles. The monoisotopic (exact) mass is 292 g/mol. The number of methoxy groups -OCH3 is 1. The highest BCUT2D eigenvalue weighted by Gasteiger charge is 2.20. The Morgan fingerprint density at radius 1 is 1.00 bits per heavy atom. The lowest BCUT2D eigenvalue weighted by atomic mass is 10.1. The third kappa shape index (κ3) is 4.99. The Hall–Kier alpha value is -1.10. The van der Waals surface area contributed by atoms with E-state index in [-0.39, 0.29) is 0 Å². The molecule has 0 aromatic heterocycles. The van der Waals surface area contributed by atoms with Gasteiger partial charge in [-0.2, -0.15) is 0 Å². The number of β-amino-alcohol motifs (C(OH)–C–C–N with tert-alkyl or cyclic N) is 1. The van der Waals surface area contributed by atoms with Crippen LogP contribution in [0, 0.1) is 5.92 Å². The first-order valence-corrected chi connectivity index (χ1v) is 7.85. The number of hydrogen-bond acceptors (Lipinski definition) is 4. The van der Waals surface area contributed by atoms with Crippen LogP contribution in [0.25, 0.3) is 0 Å². The Morgan fingerprint density at radius 3 is 2.00 bits per heavy atom. The van der Waals surface area contributed by atoms with Gasteiger partial charge in [-0.25, -0.2) is 0 Å². The zero-order valence-electron chi connectivity index (χ0n) is 13.5. The zero-order valence-corrected chi connectivity index (χ0v) is 13.5. The van der Waals surface area contributed by atoms with Crippen LogP contribution in [0.5, 0.6) is 5.75 Å². The third-order valence-electron chi connectivity index (χ3n) is 4.02. The molecular formula is C17H28N2O2. The van der Waals surface area contributed by atoms with Gasteiger partial charge >= 0.3 is 0 Å². The van der Waals surface area contributed by atoms with E-state index in [2.05, 4.69) is 23.6 Å². The van der Waals surface area contributed by atoms with Crippen LogP contribution in [0.3, 0.4) is 0 Å². The maximum Gasteiger partial charge on any atom is 0.118 e. The molecule has 4 nitrogen and oxygen atoms in total. The molecule has 2 rings (SSSR count). The average Bonchev–Trinajstić information content (AvgIpc) is 2.49. The molecule has 0 saturated carbocycles. The summed E-state index contributed by atoms with van der Waals surface area (Å²) in [6.07, 6.45) is -0.424.